The Bertz CT molecular complexity index is 1210. The van der Waals surface area contributed by atoms with Crippen LogP contribution in [0.3, 0.4) is 0 Å². The minimum atomic E-state index is -0.573. The molecule has 0 radical (unpaired) electrons. The molecule has 0 saturated carbocycles. The third-order valence-electron chi connectivity index (χ3n) is 5.99. The van der Waals surface area contributed by atoms with Gasteiger partial charge in [-0.05, 0) is 87.4 Å². The minimum absolute atomic E-state index is 0.00826. The fourth-order valence-electron chi connectivity index (χ4n) is 4.36. The smallest absolute Gasteiger partial charge is 0.410 e. The Kier molecular flexibility index (Phi) is 7.36. The predicted octanol–water partition coefficient (Wildman–Crippen LogP) is 6.43. The van der Waals surface area contributed by atoms with E-state index in [0.29, 0.717) is 30.2 Å². The van der Waals surface area contributed by atoms with Gasteiger partial charge in [0.05, 0.1) is 0 Å². The summed E-state index contributed by atoms with van der Waals surface area (Å²) in [6, 6.07) is 21.5. The Hall–Kier alpha value is -3.85. The first kappa shape index (κ1) is 24.3. The van der Waals surface area contributed by atoms with Gasteiger partial charge >= 0.3 is 6.09 Å². The number of carbonyl (C=O) groups is 1. The van der Waals surface area contributed by atoms with Gasteiger partial charge in [-0.25, -0.2) is 9.78 Å². The maximum Gasteiger partial charge on any atom is 0.410 e. The number of fused-ring (bicyclic) bond motifs is 1. The highest BCUT2D eigenvalue weighted by molar-refractivity contribution is 5.68. The van der Waals surface area contributed by atoms with Crippen LogP contribution in [0.1, 0.15) is 55.9 Å². The van der Waals surface area contributed by atoms with E-state index in [-0.39, 0.29) is 12.1 Å². The molecule has 4 rings (SSSR count). The second kappa shape index (κ2) is 10.6. The lowest BCUT2D eigenvalue weighted by Crippen LogP contribution is -2.43. The van der Waals surface area contributed by atoms with E-state index in [4.69, 9.17) is 9.47 Å². The molecule has 1 aliphatic rings. The van der Waals surface area contributed by atoms with Crippen LogP contribution in [0.2, 0.25) is 0 Å². The van der Waals surface area contributed by atoms with E-state index in [0.717, 1.165) is 30.4 Å². The van der Waals surface area contributed by atoms with E-state index in [1.165, 1.54) is 5.56 Å². The van der Waals surface area contributed by atoms with E-state index in [2.05, 4.69) is 17.1 Å². The van der Waals surface area contributed by atoms with Crippen molar-refractivity contribution < 1.29 is 14.3 Å². The molecule has 1 amide bonds. The number of nitriles is 1. The number of hydrogen-bond donors (Lipinski definition) is 0. The van der Waals surface area contributed by atoms with Crippen LogP contribution in [0, 0.1) is 11.3 Å². The molecule has 180 valence electrons. The molecule has 6 nitrogen and oxygen atoms in total. The number of carbonyl (C=O) groups excluding carboxylic acids is 1. The molecule has 1 atom stereocenters. The van der Waals surface area contributed by atoms with Crippen molar-refractivity contribution in [2.75, 3.05) is 0 Å². The fourth-order valence-corrected chi connectivity index (χ4v) is 4.36. The number of aryl methyl sites for hydroxylation is 1. The number of aromatic nitrogens is 1. The number of benzene rings is 2. The van der Waals surface area contributed by atoms with Gasteiger partial charge < -0.3 is 14.4 Å². The summed E-state index contributed by atoms with van der Waals surface area (Å²) in [5.74, 6) is 0.922. The molecule has 0 bridgehead atoms. The Labute approximate surface area is 207 Å². The molecule has 6 heteroatoms. The van der Waals surface area contributed by atoms with E-state index >= 15 is 0 Å². The predicted molar refractivity (Wildman–Crippen MR) is 134 cm³/mol. The summed E-state index contributed by atoms with van der Waals surface area (Å²) in [6.45, 7) is 6.17. The van der Waals surface area contributed by atoms with Crippen molar-refractivity contribution in [1.29, 1.82) is 5.26 Å². The molecule has 1 aliphatic carbocycles. The third-order valence-corrected chi connectivity index (χ3v) is 5.99. The van der Waals surface area contributed by atoms with E-state index < -0.39 is 5.60 Å². The van der Waals surface area contributed by atoms with E-state index in [1.54, 1.807) is 18.3 Å². The Morgan fingerprint density at radius 1 is 1.11 bits per heavy atom. The zero-order valence-electron chi connectivity index (χ0n) is 20.5. The van der Waals surface area contributed by atoms with E-state index in [1.807, 2.05) is 68.1 Å². The first-order valence-electron chi connectivity index (χ1n) is 12.0. The number of amides is 1. The second-order valence-electron chi connectivity index (χ2n) is 9.84. The zero-order chi connectivity index (χ0) is 24.8. The van der Waals surface area contributed by atoms with Crippen molar-refractivity contribution in [1.82, 2.24) is 9.88 Å². The lowest BCUT2D eigenvalue weighted by molar-refractivity contribution is 0.0130. The summed E-state index contributed by atoms with van der Waals surface area (Å²) in [7, 11) is 0. The average molecular weight is 470 g/mol. The van der Waals surface area contributed by atoms with Gasteiger partial charge in [0.2, 0.25) is 5.88 Å². The van der Waals surface area contributed by atoms with Crippen molar-refractivity contribution in [2.45, 2.75) is 64.6 Å². The Morgan fingerprint density at radius 3 is 2.66 bits per heavy atom. The first-order valence-corrected chi connectivity index (χ1v) is 12.0. The van der Waals surface area contributed by atoms with E-state index in [9.17, 15) is 10.1 Å². The molecule has 0 aliphatic heterocycles. The molecule has 2 aromatic carbocycles. The minimum Gasteiger partial charge on any atom is -0.444 e. The Balaban J connectivity index is 1.61. The van der Waals surface area contributed by atoms with Gasteiger partial charge in [0.15, 0.2) is 0 Å². The number of rotatable bonds is 5. The van der Waals surface area contributed by atoms with Gasteiger partial charge in [-0.2, -0.15) is 5.26 Å². The van der Waals surface area contributed by atoms with Crippen LogP contribution in [0.5, 0.6) is 11.6 Å². The van der Waals surface area contributed by atoms with Crippen molar-refractivity contribution in [3.05, 3.63) is 89.1 Å². The zero-order valence-corrected chi connectivity index (χ0v) is 20.5. The molecular weight excluding hydrogens is 438 g/mol. The van der Waals surface area contributed by atoms with Crippen LogP contribution in [0.25, 0.3) is 0 Å². The molecule has 0 fully saturated rings. The molecular formula is C29H31N3O3. The maximum atomic E-state index is 13.3. The number of ether oxygens (including phenoxy) is 2. The van der Waals surface area contributed by atoms with Gasteiger partial charge in [0.1, 0.15) is 23.0 Å². The van der Waals surface area contributed by atoms with Gasteiger partial charge in [-0.15, -0.1) is 0 Å². The number of nitrogens with zero attached hydrogens (tertiary/aromatic N) is 3. The summed E-state index contributed by atoms with van der Waals surface area (Å²) in [5, 5.41) is 9.36. The van der Waals surface area contributed by atoms with Crippen LogP contribution in [-0.4, -0.2) is 27.6 Å². The normalized spacial score (nSPS) is 15.3. The highest BCUT2D eigenvalue weighted by Gasteiger charge is 2.30. The summed E-state index contributed by atoms with van der Waals surface area (Å²) < 4.78 is 11.8. The van der Waals surface area contributed by atoms with Gasteiger partial charge in [-0.3, -0.25) is 0 Å². The summed E-state index contributed by atoms with van der Waals surface area (Å²) >= 11 is 0. The van der Waals surface area contributed by atoms with Crippen LogP contribution in [0.15, 0.2) is 66.9 Å². The number of pyridine rings is 1. The Morgan fingerprint density at radius 2 is 1.91 bits per heavy atom. The molecule has 0 saturated heterocycles. The first-order chi connectivity index (χ1) is 16.8. The molecule has 0 N–H and O–H groups in total. The molecule has 3 aromatic rings. The summed E-state index contributed by atoms with van der Waals surface area (Å²) in [5.41, 5.74) is 3.28. The van der Waals surface area contributed by atoms with Gasteiger partial charge in [0.25, 0.3) is 0 Å². The van der Waals surface area contributed by atoms with Crippen molar-refractivity contribution in [3.63, 3.8) is 0 Å². The summed E-state index contributed by atoms with van der Waals surface area (Å²) in [6.07, 6.45) is 4.81. The second-order valence-corrected chi connectivity index (χ2v) is 9.84. The SMILES string of the molecule is CC(C)(C)OC(=O)N(Cc1ccccc1)C1CCCc2ccc(Oc3ncccc3C#N)cc2C1. The highest BCUT2D eigenvalue weighted by atomic mass is 16.6. The topological polar surface area (TPSA) is 75.4 Å². The largest absolute Gasteiger partial charge is 0.444 e. The van der Waals surface area contributed by atoms with Crippen LogP contribution < -0.4 is 4.74 Å². The fraction of sp³-hybridized carbons (Fsp3) is 0.345. The molecule has 0 spiro atoms. The molecule has 1 heterocycles. The molecule has 35 heavy (non-hydrogen) atoms. The average Bonchev–Trinajstić information content (AvgIpc) is 3.04. The standard InChI is InChI=1S/C29H31N3O3/c1-29(2,3)35-28(33)32(20-21-9-5-4-6-10-21)25-13-7-11-22-14-15-26(18-24(22)17-25)34-27-23(19-30)12-8-16-31-27/h4-6,8-10,12,14-16,18,25H,7,11,13,17,20H2,1-3H3. The monoisotopic (exact) mass is 469 g/mol. The quantitative estimate of drug-likeness (QED) is 0.403. The van der Waals surface area contributed by atoms with Gasteiger partial charge in [-0.1, -0.05) is 36.4 Å². The van der Waals surface area contributed by atoms with Crippen molar-refractivity contribution in [2.24, 2.45) is 0 Å². The summed E-state index contributed by atoms with van der Waals surface area (Å²) in [4.78, 5) is 19.4. The van der Waals surface area contributed by atoms with Crippen LogP contribution in [0.4, 0.5) is 4.79 Å². The molecule has 1 aromatic heterocycles. The highest BCUT2D eigenvalue weighted by Crippen LogP contribution is 2.31. The lowest BCUT2D eigenvalue weighted by atomic mass is 10.0. The third kappa shape index (κ3) is 6.39. The van der Waals surface area contributed by atoms with Gasteiger partial charge in [0, 0.05) is 18.8 Å². The van der Waals surface area contributed by atoms with Crippen LogP contribution in [-0.2, 0) is 24.1 Å². The number of hydrogen-bond acceptors (Lipinski definition) is 5. The van der Waals surface area contributed by atoms with Crippen molar-refractivity contribution >= 4 is 6.09 Å². The molecule has 1 unspecified atom stereocenters. The van der Waals surface area contributed by atoms with Crippen molar-refractivity contribution in [3.8, 4) is 17.7 Å². The van der Waals surface area contributed by atoms with Crippen LogP contribution >= 0.6 is 0 Å². The maximum absolute atomic E-state index is 13.3. The lowest BCUT2D eigenvalue weighted by Gasteiger charge is -2.33.